The van der Waals surface area contributed by atoms with E-state index in [-0.39, 0.29) is 5.91 Å². The summed E-state index contributed by atoms with van der Waals surface area (Å²) in [6.45, 7) is 6.58. The van der Waals surface area contributed by atoms with E-state index in [4.69, 9.17) is 0 Å². The molecule has 0 saturated heterocycles. The zero-order chi connectivity index (χ0) is 10.0. The van der Waals surface area contributed by atoms with Crippen molar-refractivity contribution in [3.05, 3.63) is 19.8 Å². The van der Waals surface area contributed by atoms with Crippen LogP contribution in [0.1, 0.15) is 27.7 Å². The molecule has 0 saturated carbocycles. The van der Waals surface area contributed by atoms with Crippen molar-refractivity contribution < 1.29 is 4.79 Å². The van der Waals surface area contributed by atoms with Crippen LogP contribution in [0.25, 0.3) is 0 Å². The van der Waals surface area contributed by atoms with Crippen LogP contribution >= 0.6 is 27.3 Å². The topological polar surface area (TPSA) is 29.1 Å². The third-order valence-corrected chi connectivity index (χ3v) is 3.78. The van der Waals surface area contributed by atoms with Crippen LogP contribution in [0.3, 0.4) is 0 Å². The van der Waals surface area contributed by atoms with Gasteiger partial charge in [0.25, 0.3) is 5.91 Å². The molecule has 1 aromatic heterocycles. The third-order valence-electron chi connectivity index (χ3n) is 1.91. The maximum absolute atomic E-state index is 11.6. The van der Waals surface area contributed by atoms with Gasteiger partial charge in [-0.05, 0) is 42.3 Å². The first-order valence-electron chi connectivity index (χ1n) is 4.11. The Kier molecular flexibility index (Phi) is 3.50. The first-order valence-corrected chi connectivity index (χ1v) is 5.72. The van der Waals surface area contributed by atoms with Gasteiger partial charge < -0.3 is 5.32 Å². The van der Waals surface area contributed by atoms with Gasteiger partial charge in [0.2, 0.25) is 0 Å². The molecule has 2 nitrogen and oxygen atoms in total. The molecule has 0 spiro atoms. The number of thiophene rings is 1. The summed E-state index contributed by atoms with van der Waals surface area (Å²) in [6, 6.07) is 0. The van der Waals surface area contributed by atoms with Crippen LogP contribution in [0.4, 0.5) is 0 Å². The van der Waals surface area contributed by atoms with E-state index in [1.54, 1.807) is 11.3 Å². The zero-order valence-electron chi connectivity index (χ0n) is 7.90. The van der Waals surface area contributed by atoms with Crippen LogP contribution < -0.4 is 5.32 Å². The molecule has 72 valence electrons. The summed E-state index contributed by atoms with van der Waals surface area (Å²) in [4.78, 5) is 12.8. The van der Waals surface area contributed by atoms with Crippen molar-refractivity contribution >= 4 is 33.2 Å². The predicted molar refractivity (Wildman–Crippen MR) is 59.5 cm³/mol. The van der Waals surface area contributed by atoms with Crippen molar-refractivity contribution in [2.24, 2.45) is 0 Å². The van der Waals surface area contributed by atoms with Crippen LogP contribution in [0, 0.1) is 13.8 Å². The number of nitrogens with one attached hydrogen (secondary N) is 1. The molecule has 1 N–H and O–H groups in total. The summed E-state index contributed by atoms with van der Waals surface area (Å²) in [5, 5.41) is 2.79. The Hall–Kier alpha value is -0.350. The zero-order valence-corrected chi connectivity index (χ0v) is 10.3. The highest BCUT2D eigenvalue weighted by atomic mass is 79.9. The van der Waals surface area contributed by atoms with Crippen molar-refractivity contribution in [1.82, 2.24) is 5.32 Å². The van der Waals surface area contributed by atoms with Gasteiger partial charge in [0.1, 0.15) is 0 Å². The van der Waals surface area contributed by atoms with E-state index >= 15 is 0 Å². The first-order chi connectivity index (χ1) is 6.07. The maximum atomic E-state index is 11.6. The van der Waals surface area contributed by atoms with E-state index in [9.17, 15) is 4.79 Å². The fraction of sp³-hybridized carbons (Fsp3) is 0.444. The standard InChI is InChI=1S/C9H12BrNOS/c1-4-11-9(12)7-5(2)6(3)13-8(7)10/h4H2,1-3H3,(H,11,12). The smallest absolute Gasteiger partial charge is 0.253 e. The summed E-state index contributed by atoms with van der Waals surface area (Å²) in [5.41, 5.74) is 1.85. The summed E-state index contributed by atoms with van der Waals surface area (Å²) in [7, 11) is 0. The normalized spacial score (nSPS) is 10.2. The van der Waals surface area contributed by atoms with Crippen LogP contribution in [0.5, 0.6) is 0 Å². The van der Waals surface area contributed by atoms with E-state index in [0.717, 1.165) is 14.9 Å². The molecule has 0 aliphatic carbocycles. The van der Waals surface area contributed by atoms with Gasteiger partial charge in [-0.2, -0.15) is 0 Å². The van der Waals surface area contributed by atoms with Gasteiger partial charge >= 0.3 is 0 Å². The van der Waals surface area contributed by atoms with Crippen molar-refractivity contribution in [3.8, 4) is 0 Å². The molecular weight excluding hydrogens is 250 g/mol. The van der Waals surface area contributed by atoms with E-state index in [2.05, 4.69) is 21.2 Å². The molecule has 0 aliphatic heterocycles. The molecule has 4 heteroatoms. The molecule has 0 atom stereocenters. The highest BCUT2D eigenvalue weighted by Gasteiger charge is 2.16. The summed E-state index contributed by atoms with van der Waals surface area (Å²) < 4.78 is 0.924. The highest BCUT2D eigenvalue weighted by Crippen LogP contribution is 2.31. The Morgan fingerprint density at radius 1 is 1.54 bits per heavy atom. The minimum absolute atomic E-state index is 0.0104. The van der Waals surface area contributed by atoms with E-state index in [0.29, 0.717) is 6.54 Å². The Morgan fingerprint density at radius 3 is 2.54 bits per heavy atom. The quantitative estimate of drug-likeness (QED) is 0.872. The maximum Gasteiger partial charge on any atom is 0.253 e. The van der Waals surface area contributed by atoms with Gasteiger partial charge in [-0.1, -0.05) is 0 Å². The number of halogens is 1. The fourth-order valence-electron chi connectivity index (χ4n) is 1.09. The minimum atomic E-state index is 0.0104. The Balaban J connectivity index is 3.06. The molecule has 0 aromatic carbocycles. The Bertz CT molecular complexity index is 333. The number of carbonyl (C=O) groups excluding carboxylic acids is 1. The monoisotopic (exact) mass is 261 g/mol. The Morgan fingerprint density at radius 2 is 2.15 bits per heavy atom. The van der Waals surface area contributed by atoms with Crippen molar-refractivity contribution in [2.45, 2.75) is 20.8 Å². The van der Waals surface area contributed by atoms with E-state index in [1.165, 1.54) is 4.88 Å². The molecule has 1 amide bonds. The minimum Gasteiger partial charge on any atom is -0.352 e. The predicted octanol–water partition coefficient (Wildman–Crippen LogP) is 2.88. The van der Waals surface area contributed by atoms with E-state index < -0.39 is 0 Å². The van der Waals surface area contributed by atoms with Crippen LogP contribution in [0.15, 0.2) is 3.79 Å². The van der Waals surface area contributed by atoms with Crippen molar-refractivity contribution in [2.75, 3.05) is 6.54 Å². The largest absolute Gasteiger partial charge is 0.352 e. The van der Waals surface area contributed by atoms with Crippen molar-refractivity contribution in [1.29, 1.82) is 0 Å². The summed E-state index contributed by atoms with van der Waals surface area (Å²) in [6.07, 6.45) is 0. The van der Waals surface area contributed by atoms with Gasteiger partial charge in [0.05, 0.1) is 9.35 Å². The lowest BCUT2D eigenvalue weighted by Gasteiger charge is -2.01. The molecule has 1 rings (SSSR count). The average Bonchev–Trinajstić information content (AvgIpc) is 2.27. The van der Waals surface area contributed by atoms with Gasteiger partial charge in [0.15, 0.2) is 0 Å². The van der Waals surface area contributed by atoms with Gasteiger partial charge in [-0.25, -0.2) is 0 Å². The number of rotatable bonds is 2. The summed E-state index contributed by atoms with van der Waals surface area (Å²) >= 11 is 5.00. The number of aryl methyl sites for hydroxylation is 1. The first kappa shape index (κ1) is 10.7. The van der Waals surface area contributed by atoms with Gasteiger partial charge in [-0.3, -0.25) is 4.79 Å². The number of carbonyl (C=O) groups is 1. The van der Waals surface area contributed by atoms with Crippen LogP contribution in [-0.4, -0.2) is 12.5 Å². The molecule has 0 fully saturated rings. The lowest BCUT2D eigenvalue weighted by atomic mass is 10.2. The highest BCUT2D eigenvalue weighted by molar-refractivity contribution is 9.11. The summed E-state index contributed by atoms with van der Waals surface area (Å²) in [5.74, 6) is 0.0104. The number of amides is 1. The van der Waals surface area contributed by atoms with Crippen LogP contribution in [0.2, 0.25) is 0 Å². The molecule has 1 aromatic rings. The second kappa shape index (κ2) is 4.24. The third kappa shape index (κ3) is 2.11. The second-order valence-electron chi connectivity index (χ2n) is 2.79. The second-order valence-corrected chi connectivity index (χ2v) is 5.33. The van der Waals surface area contributed by atoms with Gasteiger partial charge in [-0.15, -0.1) is 11.3 Å². The lowest BCUT2D eigenvalue weighted by molar-refractivity contribution is 0.0955. The molecule has 13 heavy (non-hydrogen) atoms. The van der Waals surface area contributed by atoms with Gasteiger partial charge in [0, 0.05) is 11.4 Å². The van der Waals surface area contributed by atoms with Crippen LogP contribution in [-0.2, 0) is 0 Å². The fourth-order valence-corrected chi connectivity index (χ4v) is 3.17. The molecular formula is C9H12BrNOS. The molecule has 0 unspecified atom stereocenters. The lowest BCUT2D eigenvalue weighted by Crippen LogP contribution is -2.23. The molecule has 1 heterocycles. The molecule has 0 aliphatic rings. The number of hydrogen-bond acceptors (Lipinski definition) is 2. The molecule has 0 bridgehead atoms. The van der Waals surface area contributed by atoms with Crippen molar-refractivity contribution in [3.63, 3.8) is 0 Å². The van der Waals surface area contributed by atoms with E-state index in [1.807, 2.05) is 20.8 Å². The number of hydrogen-bond donors (Lipinski definition) is 1. The Labute approximate surface area is 90.5 Å². The SMILES string of the molecule is CCNC(=O)c1c(Br)sc(C)c1C. The molecule has 0 radical (unpaired) electrons. The average molecular weight is 262 g/mol.